The molecule has 2 aliphatic carbocycles. The molecule has 0 unspecified atom stereocenters. The van der Waals surface area contributed by atoms with Gasteiger partial charge < -0.3 is 9.84 Å². The summed E-state index contributed by atoms with van der Waals surface area (Å²) in [6.07, 6.45) is 5.95. The number of benzene rings is 2. The van der Waals surface area contributed by atoms with Gasteiger partial charge in [0.15, 0.2) is 0 Å². The Morgan fingerprint density at radius 1 is 1.00 bits per heavy atom. The number of aromatic carboxylic acids is 1. The highest BCUT2D eigenvalue weighted by Crippen LogP contribution is 2.50. The molecule has 1 N–H and O–H groups in total. The van der Waals surface area contributed by atoms with Crippen molar-refractivity contribution < 1.29 is 14.6 Å². The zero-order valence-electron chi connectivity index (χ0n) is 13.7. The second kappa shape index (κ2) is 5.99. The summed E-state index contributed by atoms with van der Waals surface area (Å²) >= 11 is 3.91. The first-order valence-corrected chi connectivity index (χ1v) is 10.5. The Bertz CT molecular complexity index is 869. The van der Waals surface area contributed by atoms with Crippen molar-refractivity contribution >= 4 is 29.5 Å². The van der Waals surface area contributed by atoms with Crippen LogP contribution in [0.3, 0.4) is 0 Å². The van der Waals surface area contributed by atoms with E-state index in [1.807, 2.05) is 23.5 Å². The zero-order chi connectivity index (χ0) is 17.0. The van der Waals surface area contributed by atoms with Crippen LogP contribution < -0.4 is 4.74 Å². The minimum absolute atomic E-state index is 0.321. The van der Waals surface area contributed by atoms with E-state index in [1.54, 1.807) is 18.2 Å². The summed E-state index contributed by atoms with van der Waals surface area (Å²) in [4.78, 5) is 13.8. The molecule has 2 fully saturated rings. The van der Waals surface area contributed by atoms with E-state index in [1.165, 1.54) is 41.0 Å². The van der Waals surface area contributed by atoms with E-state index in [2.05, 4.69) is 12.1 Å². The standard InChI is InChI=1S/C20H18O3S2/c21-20(22)11-1-6-17-12(7-11)8-13-9-16(24-14-2-3-14)10-18(19(13)23-17)25-15-4-5-15/h1,6-7,9-10,14-15H,2-5,8H2,(H,21,22). The van der Waals surface area contributed by atoms with Crippen LogP contribution in [0.25, 0.3) is 0 Å². The second-order valence-electron chi connectivity index (χ2n) is 6.95. The Kier molecular flexibility index (Phi) is 3.75. The van der Waals surface area contributed by atoms with Gasteiger partial charge in [0.2, 0.25) is 0 Å². The lowest BCUT2D eigenvalue weighted by molar-refractivity contribution is 0.0696. The molecule has 25 heavy (non-hydrogen) atoms. The first-order valence-electron chi connectivity index (χ1n) is 8.70. The molecule has 5 heteroatoms. The number of fused-ring (bicyclic) bond motifs is 2. The van der Waals surface area contributed by atoms with Crippen molar-refractivity contribution in [2.75, 3.05) is 0 Å². The van der Waals surface area contributed by atoms with Gasteiger partial charge in [0.05, 0.1) is 10.5 Å². The van der Waals surface area contributed by atoms with Crippen LogP contribution in [0.4, 0.5) is 0 Å². The SMILES string of the molecule is O=C(O)c1ccc2c(c1)Cc1cc(SC3CC3)cc(SC3CC3)c1O2. The Labute approximate surface area is 155 Å². The summed E-state index contributed by atoms with van der Waals surface area (Å²) in [5.41, 5.74) is 2.47. The van der Waals surface area contributed by atoms with Crippen LogP contribution in [0, 0.1) is 0 Å². The van der Waals surface area contributed by atoms with Gasteiger partial charge >= 0.3 is 5.97 Å². The predicted molar refractivity (Wildman–Crippen MR) is 100 cm³/mol. The fourth-order valence-corrected chi connectivity index (χ4v) is 5.48. The lowest BCUT2D eigenvalue weighted by Gasteiger charge is -2.24. The quantitative estimate of drug-likeness (QED) is 0.634. The Hall–Kier alpha value is -1.59. The van der Waals surface area contributed by atoms with Gasteiger partial charge in [-0.3, -0.25) is 0 Å². The highest BCUT2D eigenvalue weighted by molar-refractivity contribution is 8.01. The number of carbonyl (C=O) groups is 1. The maximum Gasteiger partial charge on any atom is 0.335 e. The highest BCUT2D eigenvalue weighted by Gasteiger charge is 2.29. The van der Waals surface area contributed by atoms with Gasteiger partial charge in [0, 0.05) is 32.9 Å². The molecule has 128 valence electrons. The number of hydrogen-bond donors (Lipinski definition) is 1. The average molecular weight is 370 g/mol. The fourth-order valence-electron chi connectivity index (χ4n) is 3.04. The van der Waals surface area contributed by atoms with Gasteiger partial charge in [-0.25, -0.2) is 4.79 Å². The van der Waals surface area contributed by atoms with Gasteiger partial charge in [-0.15, -0.1) is 23.5 Å². The van der Waals surface area contributed by atoms with Crippen LogP contribution >= 0.6 is 23.5 Å². The maximum absolute atomic E-state index is 11.2. The summed E-state index contributed by atoms with van der Waals surface area (Å²) in [6.45, 7) is 0. The van der Waals surface area contributed by atoms with Gasteiger partial charge in [-0.05, 0) is 56.0 Å². The topological polar surface area (TPSA) is 46.5 Å². The lowest BCUT2D eigenvalue weighted by atomic mass is 9.98. The molecule has 0 aromatic heterocycles. The van der Waals surface area contributed by atoms with E-state index in [4.69, 9.17) is 4.74 Å². The van der Waals surface area contributed by atoms with E-state index in [0.717, 1.165) is 34.0 Å². The molecular weight excluding hydrogens is 352 g/mol. The lowest BCUT2D eigenvalue weighted by Crippen LogP contribution is -2.07. The number of rotatable bonds is 5. The van der Waals surface area contributed by atoms with Crippen LogP contribution in [0.15, 0.2) is 40.1 Å². The third-order valence-electron chi connectivity index (χ3n) is 4.65. The van der Waals surface area contributed by atoms with Crippen LogP contribution in [-0.2, 0) is 6.42 Å². The molecule has 3 nitrogen and oxygen atoms in total. The predicted octanol–water partition coefficient (Wildman–Crippen LogP) is 5.59. The van der Waals surface area contributed by atoms with Crippen LogP contribution in [-0.4, -0.2) is 21.6 Å². The summed E-state index contributed by atoms with van der Waals surface area (Å²) in [5, 5.41) is 10.7. The van der Waals surface area contributed by atoms with E-state index in [9.17, 15) is 9.90 Å². The summed E-state index contributed by atoms with van der Waals surface area (Å²) in [6, 6.07) is 9.69. The molecule has 1 heterocycles. The molecule has 1 aliphatic heterocycles. The molecule has 0 bridgehead atoms. The van der Waals surface area contributed by atoms with E-state index < -0.39 is 5.97 Å². The molecule has 0 spiro atoms. The monoisotopic (exact) mass is 370 g/mol. The first-order chi connectivity index (χ1) is 12.2. The third-order valence-corrected chi connectivity index (χ3v) is 7.33. The number of thioether (sulfide) groups is 2. The Balaban J connectivity index is 1.53. The highest BCUT2D eigenvalue weighted by atomic mass is 32.2. The van der Waals surface area contributed by atoms with Gasteiger partial charge in [0.1, 0.15) is 11.5 Å². The largest absolute Gasteiger partial charge is 0.478 e. The van der Waals surface area contributed by atoms with Crippen molar-refractivity contribution in [2.45, 2.75) is 52.4 Å². The van der Waals surface area contributed by atoms with E-state index >= 15 is 0 Å². The van der Waals surface area contributed by atoms with E-state index in [0.29, 0.717) is 5.56 Å². The van der Waals surface area contributed by atoms with Crippen molar-refractivity contribution in [2.24, 2.45) is 0 Å². The molecule has 0 atom stereocenters. The van der Waals surface area contributed by atoms with Gasteiger partial charge in [-0.1, -0.05) is 0 Å². The van der Waals surface area contributed by atoms with Crippen molar-refractivity contribution in [3.63, 3.8) is 0 Å². The molecule has 0 amide bonds. The first kappa shape index (κ1) is 15.6. The Morgan fingerprint density at radius 2 is 1.76 bits per heavy atom. The van der Waals surface area contributed by atoms with Gasteiger partial charge in [0.25, 0.3) is 0 Å². The van der Waals surface area contributed by atoms with Crippen molar-refractivity contribution in [1.29, 1.82) is 0 Å². The van der Waals surface area contributed by atoms with Crippen LogP contribution in [0.5, 0.6) is 11.5 Å². The summed E-state index contributed by atoms with van der Waals surface area (Å²) in [5.74, 6) is 0.877. The van der Waals surface area contributed by atoms with Crippen molar-refractivity contribution in [3.8, 4) is 11.5 Å². The molecule has 0 saturated heterocycles. The molecular formula is C20H18O3S2. The van der Waals surface area contributed by atoms with Crippen LogP contribution in [0.2, 0.25) is 0 Å². The summed E-state index contributed by atoms with van der Waals surface area (Å²) < 4.78 is 6.22. The van der Waals surface area contributed by atoms with Crippen molar-refractivity contribution in [1.82, 2.24) is 0 Å². The minimum Gasteiger partial charge on any atom is -0.478 e. The van der Waals surface area contributed by atoms with Gasteiger partial charge in [-0.2, -0.15) is 0 Å². The fraction of sp³-hybridized carbons (Fsp3) is 0.350. The number of hydrogen-bond acceptors (Lipinski definition) is 4. The number of carboxylic acids is 1. The maximum atomic E-state index is 11.2. The minimum atomic E-state index is -0.892. The Morgan fingerprint density at radius 3 is 2.48 bits per heavy atom. The summed E-state index contributed by atoms with van der Waals surface area (Å²) in [7, 11) is 0. The average Bonchev–Trinajstić information content (AvgIpc) is 3.49. The smallest absolute Gasteiger partial charge is 0.335 e. The number of ether oxygens (including phenoxy) is 1. The second-order valence-corrected chi connectivity index (χ2v) is 9.67. The van der Waals surface area contributed by atoms with E-state index in [-0.39, 0.29) is 0 Å². The zero-order valence-corrected chi connectivity index (χ0v) is 15.3. The molecule has 2 aromatic carbocycles. The van der Waals surface area contributed by atoms with Crippen LogP contribution in [0.1, 0.15) is 47.2 Å². The number of carboxylic acid groups (broad SMARTS) is 1. The van der Waals surface area contributed by atoms with Crippen molar-refractivity contribution in [3.05, 3.63) is 47.0 Å². The third kappa shape index (κ3) is 3.27. The molecule has 2 saturated carbocycles. The normalized spacial score (nSPS) is 18.2. The molecule has 2 aromatic rings. The molecule has 3 aliphatic rings. The molecule has 5 rings (SSSR count). The molecule has 0 radical (unpaired) electrons.